The maximum absolute atomic E-state index is 14.1. The topological polar surface area (TPSA) is 50.9 Å². The fraction of sp³-hybridized carbons (Fsp3) is 0.312. The summed E-state index contributed by atoms with van der Waals surface area (Å²) in [5, 5.41) is 3.40. The Balaban J connectivity index is 2.27. The molecule has 0 bridgehead atoms. The molecule has 0 spiro atoms. The van der Waals surface area contributed by atoms with Crippen LogP contribution >= 0.6 is 15.9 Å². The van der Waals surface area contributed by atoms with E-state index in [-0.39, 0.29) is 11.9 Å². The SMILES string of the molecule is CCCNC(Cc1ccnc(N)c1)c1cc(Br)ccc1F. The Morgan fingerprint density at radius 3 is 2.86 bits per heavy atom. The highest BCUT2D eigenvalue weighted by Crippen LogP contribution is 2.25. The second-order valence-electron chi connectivity index (χ2n) is 4.97. The van der Waals surface area contributed by atoms with Gasteiger partial charge in [-0.05, 0) is 55.3 Å². The summed E-state index contributed by atoms with van der Waals surface area (Å²) in [7, 11) is 0. The van der Waals surface area contributed by atoms with Crippen molar-refractivity contribution < 1.29 is 4.39 Å². The monoisotopic (exact) mass is 351 g/mol. The molecule has 2 aromatic rings. The Kier molecular flexibility index (Phi) is 5.70. The van der Waals surface area contributed by atoms with Gasteiger partial charge in [0.15, 0.2) is 0 Å². The van der Waals surface area contributed by atoms with Gasteiger partial charge in [-0.1, -0.05) is 22.9 Å². The first kappa shape index (κ1) is 15.9. The summed E-state index contributed by atoms with van der Waals surface area (Å²) in [5.74, 6) is 0.283. The third-order valence-corrected chi connectivity index (χ3v) is 3.75. The predicted octanol–water partition coefficient (Wildman–Crippen LogP) is 3.85. The van der Waals surface area contributed by atoms with Crippen LogP contribution in [0.1, 0.15) is 30.5 Å². The van der Waals surface area contributed by atoms with Crippen LogP contribution in [0.2, 0.25) is 0 Å². The Morgan fingerprint density at radius 2 is 2.14 bits per heavy atom. The molecular formula is C16H19BrFN3. The van der Waals surface area contributed by atoms with E-state index in [9.17, 15) is 4.39 Å². The van der Waals surface area contributed by atoms with Gasteiger partial charge in [0, 0.05) is 22.3 Å². The molecule has 1 unspecified atom stereocenters. The van der Waals surface area contributed by atoms with Crippen LogP contribution < -0.4 is 11.1 Å². The van der Waals surface area contributed by atoms with E-state index in [0.717, 1.165) is 23.0 Å². The number of nitrogen functional groups attached to an aromatic ring is 1. The molecule has 3 nitrogen and oxygen atoms in total. The summed E-state index contributed by atoms with van der Waals surface area (Å²) in [6.07, 6.45) is 3.34. The molecule has 0 aliphatic carbocycles. The summed E-state index contributed by atoms with van der Waals surface area (Å²) in [5.41, 5.74) is 7.41. The number of nitrogens with two attached hydrogens (primary N) is 1. The van der Waals surface area contributed by atoms with Crippen LogP contribution in [0.5, 0.6) is 0 Å². The van der Waals surface area contributed by atoms with Crippen LogP contribution in [0, 0.1) is 5.82 Å². The van der Waals surface area contributed by atoms with E-state index >= 15 is 0 Å². The molecule has 1 aromatic heterocycles. The number of anilines is 1. The minimum Gasteiger partial charge on any atom is -0.384 e. The second kappa shape index (κ2) is 7.52. The third kappa shape index (κ3) is 4.51. The van der Waals surface area contributed by atoms with E-state index in [4.69, 9.17) is 5.73 Å². The van der Waals surface area contributed by atoms with Crippen molar-refractivity contribution in [1.29, 1.82) is 0 Å². The summed E-state index contributed by atoms with van der Waals surface area (Å²) in [6.45, 7) is 2.92. The van der Waals surface area contributed by atoms with Gasteiger partial charge in [-0.25, -0.2) is 9.37 Å². The van der Waals surface area contributed by atoms with E-state index in [0.29, 0.717) is 17.8 Å². The average Bonchev–Trinajstić information content (AvgIpc) is 2.46. The molecule has 0 amide bonds. The van der Waals surface area contributed by atoms with Gasteiger partial charge in [0.05, 0.1) is 0 Å². The first-order valence-electron chi connectivity index (χ1n) is 6.99. The number of pyridine rings is 1. The number of benzene rings is 1. The van der Waals surface area contributed by atoms with E-state index in [2.05, 4.69) is 33.2 Å². The van der Waals surface area contributed by atoms with Gasteiger partial charge in [0.25, 0.3) is 0 Å². The van der Waals surface area contributed by atoms with Crippen LogP contribution in [0.15, 0.2) is 41.0 Å². The van der Waals surface area contributed by atoms with E-state index in [1.807, 2.05) is 18.2 Å². The Labute approximate surface area is 132 Å². The van der Waals surface area contributed by atoms with Crippen LogP contribution in [-0.4, -0.2) is 11.5 Å². The quantitative estimate of drug-likeness (QED) is 0.830. The van der Waals surface area contributed by atoms with Crippen molar-refractivity contribution in [3.8, 4) is 0 Å². The fourth-order valence-corrected chi connectivity index (χ4v) is 2.63. The van der Waals surface area contributed by atoms with E-state index in [1.165, 1.54) is 6.07 Å². The standard InChI is InChI=1S/C16H19BrFN3/c1-2-6-20-15(8-11-5-7-21-16(19)9-11)13-10-12(17)3-4-14(13)18/h3-5,7,9-10,15,20H,2,6,8H2,1H3,(H2,19,21). The lowest BCUT2D eigenvalue weighted by Gasteiger charge is -2.20. The number of nitrogens with one attached hydrogen (secondary N) is 1. The molecule has 1 heterocycles. The predicted molar refractivity (Wildman–Crippen MR) is 87.5 cm³/mol. The van der Waals surface area contributed by atoms with E-state index in [1.54, 1.807) is 12.3 Å². The minimum atomic E-state index is -0.200. The number of hydrogen-bond acceptors (Lipinski definition) is 3. The zero-order valence-corrected chi connectivity index (χ0v) is 13.5. The zero-order chi connectivity index (χ0) is 15.2. The average molecular weight is 352 g/mol. The molecule has 112 valence electrons. The smallest absolute Gasteiger partial charge is 0.128 e. The van der Waals surface area contributed by atoms with Crippen LogP contribution in [-0.2, 0) is 6.42 Å². The lowest BCUT2D eigenvalue weighted by Crippen LogP contribution is -2.25. The van der Waals surface area contributed by atoms with Crippen LogP contribution in [0.25, 0.3) is 0 Å². The molecule has 0 aliphatic rings. The summed E-state index contributed by atoms with van der Waals surface area (Å²) < 4.78 is 15.0. The van der Waals surface area contributed by atoms with Crippen molar-refractivity contribution in [3.05, 3.63) is 57.9 Å². The molecule has 2 rings (SSSR count). The first-order chi connectivity index (χ1) is 10.1. The van der Waals surface area contributed by atoms with Gasteiger partial charge in [0.1, 0.15) is 11.6 Å². The van der Waals surface area contributed by atoms with Crippen molar-refractivity contribution in [1.82, 2.24) is 10.3 Å². The van der Waals surface area contributed by atoms with Gasteiger partial charge in [-0.3, -0.25) is 0 Å². The van der Waals surface area contributed by atoms with Crippen LogP contribution in [0.4, 0.5) is 10.2 Å². The van der Waals surface area contributed by atoms with Crippen LogP contribution in [0.3, 0.4) is 0 Å². The molecule has 3 N–H and O–H groups in total. The Hall–Kier alpha value is -1.46. The highest BCUT2D eigenvalue weighted by atomic mass is 79.9. The van der Waals surface area contributed by atoms with Gasteiger partial charge in [0.2, 0.25) is 0 Å². The maximum Gasteiger partial charge on any atom is 0.128 e. The van der Waals surface area contributed by atoms with Crippen molar-refractivity contribution in [2.75, 3.05) is 12.3 Å². The molecule has 1 aromatic carbocycles. The Bertz CT molecular complexity index is 604. The maximum atomic E-state index is 14.1. The molecule has 0 radical (unpaired) electrons. The Morgan fingerprint density at radius 1 is 1.33 bits per heavy atom. The number of aromatic nitrogens is 1. The summed E-state index contributed by atoms with van der Waals surface area (Å²) >= 11 is 3.41. The zero-order valence-electron chi connectivity index (χ0n) is 11.9. The lowest BCUT2D eigenvalue weighted by atomic mass is 9.98. The fourth-order valence-electron chi connectivity index (χ4n) is 2.25. The lowest BCUT2D eigenvalue weighted by molar-refractivity contribution is 0.496. The minimum absolute atomic E-state index is 0.0933. The number of hydrogen-bond donors (Lipinski definition) is 2. The molecule has 21 heavy (non-hydrogen) atoms. The summed E-state index contributed by atoms with van der Waals surface area (Å²) in [4.78, 5) is 3.99. The van der Waals surface area contributed by atoms with E-state index < -0.39 is 0 Å². The van der Waals surface area contributed by atoms with Crippen molar-refractivity contribution in [2.24, 2.45) is 0 Å². The van der Waals surface area contributed by atoms with Gasteiger partial charge >= 0.3 is 0 Å². The second-order valence-corrected chi connectivity index (χ2v) is 5.88. The van der Waals surface area contributed by atoms with Gasteiger partial charge in [-0.15, -0.1) is 0 Å². The molecule has 0 fully saturated rings. The number of nitrogens with zero attached hydrogens (tertiary/aromatic N) is 1. The number of halogens is 2. The highest BCUT2D eigenvalue weighted by Gasteiger charge is 2.16. The molecule has 1 atom stereocenters. The van der Waals surface area contributed by atoms with Gasteiger partial charge < -0.3 is 11.1 Å². The normalized spacial score (nSPS) is 12.3. The number of rotatable bonds is 6. The van der Waals surface area contributed by atoms with Crippen molar-refractivity contribution in [2.45, 2.75) is 25.8 Å². The molecule has 0 saturated carbocycles. The molecule has 0 aliphatic heterocycles. The first-order valence-corrected chi connectivity index (χ1v) is 7.78. The van der Waals surface area contributed by atoms with Crippen molar-refractivity contribution in [3.63, 3.8) is 0 Å². The molecular weight excluding hydrogens is 333 g/mol. The summed E-state index contributed by atoms with van der Waals surface area (Å²) in [6, 6.07) is 8.67. The molecule has 5 heteroatoms. The van der Waals surface area contributed by atoms with Crippen molar-refractivity contribution >= 4 is 21.7 Å². The third-order valence-electron chi connectivity index (χ3n) is 3.26. The molecule has 0 saturated heterocycles. The largest absolute Gasteiger partial charge is 0.384 e. The highest BCUT2D eigenvalue weighted by molar-refractivity contribution is 9.10. The van der Waals surface area contributed by atoms with Gasteiger partial charge in [-0.2, -0.15) is 0 Å².